The van der Waals surface area contributed by atoms with Crippen LogP contribution in [0, 0.1) is 6.92 Å². The summed E-state index contributed by atoms with van der Waals surface area (Å²) in [5.41, 5.74) is 2.57. The monoisotopic (exact) mass is 284 g/mol. The van der Waals surface area contributed by atoms with Crippen molar-refractivity contribution in [3.05, 3.63) is 53.3 Å². The first-order valence-electron chi connectivity index (χ1n) is 6.82. The number of fused-ring (bicyclic) bond motifs is 1. The number of nitrogens with one attached hydrogen (secondary N) is 1. The topological polar surface area (TPSA) is 60.5 Å². The molecular formula is C16H16N2O3. The summed E-state index contributed by atoms with van der Waals surface area (Å²) in [5.74, 6) is 1.43. The van der Waals surface area contributed by atoms with Crippen molar-refractivity contribution in [2.24, 2.45) is 0 Å². The van der Waals surface area contributed by atoms with Gasteiger partial charge in [-0.2, -0.15) is 0 Å². The van der Waals surface area contributed by atoms with Crippen molar-refractivity contribution in [2.75, 3.05) is 13.3 Å². The standard InChI is InChI=1S/C16H16N2O3/c1-11-2-4-13(9-18-11)16(19)17-7-6-12-3-5-14-15(8-12)21-10-20-14/h2-5,8-9H,6-7,10H2,1H3,(H,17,19). The van der Waals surface area contributed by atoms with Crippen LogP contribution in [-0.2, 0) is 6.42 Å². The Balaban J connectivity index is 1.54. The molecule has 1 amide bonds. The van der Waals surface area contributed by atoms with Crippen LogP contribution in [0.3, 0.4) is 0 Å². The minimum Gasteiger partial charge on any atom is -0.454 e. The summed E-state index contributed by atoms with van der Waals surface area (Å²) in [5, 5.41) is 2.88. The maximum Gasteiger partial charge on any atom is 0.252 e. The van der Waals surface area contributed by atoms with Gasteiger partial charge in [0.1, 0.15) is 0 Å². The van der Waals surface area contributed by atoms with Crippen molar-refractivity contribution in [1.82, 2.24) is 10.3 Å². The van der Waals surface area contributed by atoms with E-state index in [4.69, 9.17) is 9.47 Å². The molecule has 0 saturated heterocycles. The van der Waals surface area contributed by atoms with Crippen molar-refractivity contribution < 1.29 is 14.3 Å². The highest BCUT2D eigenvalue weighted by atomic mass is 16.7. The number of hydrogen-bond donors (Lipinski definition) is 1. The molecule has 1 aromatic carbocycles. The van der Waals surface area contributed by atoms with Gasteiger partial charge in [-0.05, 0) is 43.2 Å². The largest absolute Gasteiger partial charge is 0.454 e. The smallest absolute Gasteiger partial charge is 0.252 e. The van der Waals surface area contributed by atoms with Crippen molar-refractivity contribution >= 4 is 5.91 Å². The van der Waals surface area contributed by atoms with E-state index in [9.17, 15) is 4.79 Å². The summed E-state index contributed by atoms with van der Waals surface area (Å²) in [6.45, 7) is 2.73. The maximum atomic E-state index is 11.9. The Labute approximate surface area is 122 Å². The third-order valence-corrected chi connectivity index (χ3v) is 3.31. The number of aryl methyl sites for hydroxylation is 1. The predicted molar refractivity (Wildman–Crippen MR) is 77.6 cm³/mol. The molecule has 5 heteroatoms. The summed E-state index contributed by atoms with van der Waals surface area (Å²) in [4.78, 5) is 16.1. The minimum absolute atomic E-state index is 0.108. The second-order valence-electron chi connectivity index (χ2n) is 4.88. The number of pyridine rings is 1. The van der Waals surface area contributed by atoms with Gasteiger partial charge in [-0.3, -0.25) is 9.78 Å². The van der Waals surface area contributed by atoms with E-state index >= 15 is 0 Å². The summed E-state index contributed by atoms with van der Waals surface area (Å²) < 4.78 is 10.6. The lowest BCUT2D eigenvalue weighted by Gasteiger charge is -2.06. The molecule has 1 aliphatic heterocycles. The van der Waals surface area contributed by atoms with Gasteiger partial charge in [0.15, 0.2) is 11.5 Å². The molecule has 2 aromatic rings. The average molecular weight is 284 g/mol. The number of aromatic nitrogens is 1. The van der Waals surface area contributed by atoms with E-state index in [0.29, 0.717) is 12.1 Å². The molecular weight excluding hydrogens is 268 g/mol. The first kappa shape index (κ1) is 13.4. The number of carbonyl (C=O) groups is 1. The molecule has 0 saturated carbocycles. The zero-order chi connectivity index (χ0) is 14.7. The highest BCUT2D eigenvalue weighted by Gasteiger charge is 2.13. The molecule has 21 heavy (non-hydrogen) atoms. The normalized spacial score (nSPS) is 12.2. The van der Waals surface area contributed by atoms with Gasteiger partial charge < -0.3 is 14.8 Å². The fourth-order valence-electron chi connectivity index (χ4n) is 2.12. The molecule has 0 unspecified atom stereocenters. The van der Waals surface area contributed by atoms with Crippen LogP contribution >= 0.6 is 0 Å². The van der Waals surface area contributed by atoms with Gasteiger partial charge in [-0.25, -0.2) is 0 Å². The SMILES string of the molecule is Cc1ccc(C(=O)NCCc2ccc3c(c2)OCO3)cn1. The van der Waals surface area contributed by atoms with E-state index in [-0.39, 0.29) is 12.7 Å². The fraction of sp³-hybridized carbons (Fsp3) is 0.250. The van der Waals surface area contributed by atoms with E-state index in [2.05, 4.69) is 10.3 Å². The Morgan fingerprint density at radius 2 is 2.10 bits per heavy atom. The molecule has 0 spiro atoms. The molecule has 1 aromatic heterocycles. The summed E-state index contributed by atoms with van der Waals surface area (Å²) in [6, 6.07) is 9.42. The molecule has 108 valence electrons. The zero-order valence-corrected chi connectivity index (χ0v) is 11.8. The first-order valence-corrected chi connectivity index (χ1v) is 6.82. The van der Waals surface area contributed by atoms with Crippen LogP contribution in [0.25, 0.3) is 0 Å². The Morgan fingerprint density at radius 1 is 1.24 bits per heavy atom. The lowest BCUT2D eigenvalue weighted by molar-refractivity contribution is 0.0954. The highest BCUT2D eigenvalue weighted by Crippen LogP contribution is 2.32. The highest BCUT2D eigenvalue weighted by molar-refractivity contribution is 5.93. The summed E-state index contributed by atoms with van der Waals surface area (Å²) in [6.07, 6.45) is 2.33. The van der Waals surface area contributed by atoms with Crippen LogP contribution in [0.5, 0.6) is 11.5 Å². The molecule has 3 rings (SSSR count). The van der Waals surface area contributed by atoms with E-state index < -0.39 is 0 Å². The van der Waals surface area contributed by atoms with Crippen LogP contribution in [0.15, 0.2) is 36.5 Å². The van der Waals surface area contributed by atoms with Crippen LogP contribution in [0.2, 0.25) is 0 Å². The average Bonchev–Trinajstić information content (AvgIpc) is 2.95. The van der Waals surface area contributed by atoms with Gasteiger partial charge in [0.25, 0.3) is 5.91 Å². The minimum atomic E-state index is -0.108. The van der Waals surface area contributed by atoms with Crippen molar-refractivity contribution in [2.45, 2.75) is 13.3 Å². The van der Waals surface area contributed by atoms with Gasteiger partial charge in [0, 0.05) is 18.4 Å². The molecule has 0 aliphatic carbocycles. The molecule has 2 heterocycles. The number of amides is 1. The Morgan fingerprint density at radius 3 is 2.90 bits per heavy atom. The van der Waals surface area contributed by atoms with Gasteiger partial charge in [-0.15, -0.1) is 0 Å². The van der Waals surface area contributed by atoms with Crippen molar-refractivity contribution in [1.29, 1.82) is 0 Å². The van der Waals surface area contributed by atoms with Gasteiger partial charge in [-0.1, -0.05) is 6.07 Å². The lowest BCUT2D eigenvalue weighted by Crippen LogP contribution is -2.25. The molecule has 1 aliphatic rings. The van der Waals surface area contributed by atoms with E-state index in [1.54, 1.807) is 12.3 Å². The molecule has 0 radical (unpaired) electrons. The lowest BCUT2D eigenvalue weighted by atomic mass is 10.1. The number of ether oxygens (including phenoxy) is 2. The maximum absolute atomic E-state index is 11.9. The number of carbonyl (C=O) groups excluding carboxylic acids is 1. The summed E-state index contributed by atoms with van der Waals surface area (Å²) >= 11 is 0. The van der Waals surface area contributed by atoms with Crippen LogP contribution < -0.4 is 14.8 Å². The molecule has 0 bridgehead atoms. The third-order valence-electron chi connectivity index (χ3n) is 3.31. The Bertz CT molecular complexity index is 653. The van der Waals surface area contributed by atoms with Gasteiger partial charge in [0.2, 0.25) is 6.79 Å². The predicted octanol–water partition coefficient (Wildman–Crippen LogP) is 2.09. The fourth-order valence-corrected chi connectivity index (χ4v) is 2.12. The first-order chi connectivity index (χ1) is 10.2. The number of rotatable bonds is 4. The van der Waals surface area contributed by atoms with Crippen LogP contribution in [-0.4, -0.2) is 24.2 Å². The van der Waals surface area contributed by atoms with Crippen LogP contribution in [0.1, 0.15) is 21.6 Å². The van der Waals surface area contributed by atoms with Gasteiger partial charge in [0.05, 0.1) is 5.56 Å². The Hall–Kier alpha value is -2.56. The summed E-state index contributed by atoms with van der Waals surface area (Å²) in [7, 11) is 0. The zero-order valence-electron chi connectivity index (χ0n) is 11.8. The molecule has 0 atom stereocenters. The van der Waals surface area contributed by atoms with E-state index in [1.807, 2.05) is 31.2 Å². The van der Waals surface area contributed by atoms with Gasteiger partial charge >= 0.3 is 0 Å². The number of hydrogen-bond acceptors (Lipinski definition) is 4. The quantitative estimate of drug-likeness (QED) is 0.934. The van der Waals surface area contributed by atoms with Crippen molar-refractivity contribution in [3.63, 3.8) is 0 Å². The molecule has 1 N–H and O–H groups in total. The number of benzene rings is 1. The van der Waals surface area contributed by atoms with E-state index in [1.165, 1.54) is 0 Å². The molecule has 0 fully saturated rings. The second-order valence-corrected chi connectivity index (χ2v) is 4.88. The van der Waals surface area contributed by atoms with Crippen molar-refractivity contribution in [3.8, 4) is 11.5 Å². The Kier molecular flexibility index (Phi) is 3.73. The number of nitrogens with zero attached hydrogens (tertiary/aromatic N) is 1. The van der Waals surface area contributed by atoms with E-state index in [0.717, 1.165) is 29.2 Å². The van der Waals surface area contributed by atoms with Crippen LogP contribution in [0.4, 0.5) is 0 Å². The molecule has 5 nitrogen and oxygen atoms in total. The third kappa shape index (κ3) is 3.13. The second kappa shape index (κ2) is 5.83.